The zero-order valence-corrected chi connectivity index (χ0v) is 15.1. The lowest BCUT2D eigenvalue weighted by Crippen LogP contribution is -2.15. The molecule has 3 rings (SSSR count). The molecule has 0 atom stereocenters. The van der Waals surface area contributed by atoms with Gasteiger partial charge in [-0.3, -0.25) is 4.79 Å². The molecule has 0 aliphatic carbocycles. The van der Waals surface area contributed by atoms with Crippen molar-refractivity contribution in [3.05, 3.63) is 82.8 Å². The van der Waals surface area contributed by atoms with Crippen LogP contribution in [0.4, 0.5) is 0 Å². The van der Waals surface area contributed by atoms with Gasteiger partial charge in [-0.05, 0) is 30.7 Å². The summed E-state index contributed by atoms with van der Waals surface area (Å²) in [4.78, 5) is 16.5. The number of aromatic nitrogens is 2. The molecule has 2 aromatic carbocycles. The SMILES string of the molecule is CCCOc1cc(=NC(=O)c2ccccc2Cl)cnn1-c1ccccc1. The highest BCUT2D eigenvalue weighted by Gasteiger charge is 2.09. The van der Waals surface area contributed by atoms with E-state index in [0.29, 0.717) is 28.4 Å². The Hall–Kier alpha value is -2.92. The maximum Gasteiger partial charge on any atom is 0.279 e. The summed E-state index contributed by atoms with van der Waals surface area (Å²) >= 11 is 6.07. The van der Waals surface area contributed by atoms with Gasteiger partial charge in [0.2, 0.25) is 5.88 Å². The van der Waals surface area contributed by atoms with E-state index >= 15 is 0 Å². The predicted octanol–water partition coefficient (Wildman–Crippen LogP) is 4.06. The average Bonchev–Trinajstić information content (AvgIpc) is 2.67. The average molecular weight is 368 g/mol. The van der Waals surface area contributed by atoms with Crippen LogP contribution >= 0.6 is 11.6 Å². The van der Waals surface area contributed by atoms with Crippen molar-refractivity contribution in [3.63, 3.8) is 0 Å². The molecule has 6 heteroatoms. The van der Waals surface area contributed by atoms with E-state index < -0.39 is 5.91 Å². The van der Waals surface area contributed by atoms with Crippen LogP contribution in [0, 0.1) is 0 Å². The molecule has 1 amide bonds. The maximum atomic E-state index is 12.4. The summed E-state index contributed by atoms with van der Waals surface area (Å²) in [5.41, 5.74) is 1.22. The minimum atomic E-state index is -0.420. The monoisotopic (exact) mass is 367 g/mol. The Morgan fingerprint density at radius 3 is 2.62 bits per heavy atom. The minimum Gasteiger partial charge on any atom is -0.478 e. The summed E-state index contributed by atoms with van der Waals surface area (Å²) in [6.07, 6.45) is 2.38. The van der Waals surface area contributed by atoms with Gasteiger partial charge in [-0.2, -0.15) is 5.10 Å². The number of hydrogen-bond acceptors (Lipinski definition) is 3. The van der Waals surface area contributed by atoms with Gasteiger partial charge in [0.15, 0.2) is 0 Å². The lowest BCUT2D eigenvalue weighted by molar-refractivity contribution is 0.0998. The standard InChI is InChI=1S/C20H18ClN3O2/c1-2-12-26-19-13-15(14-22-24(19)16-8-4-3-5-9-16)23-20(25)17-10-6-7-11-18(17)21/h3-11,13-14H,2,12H2,1H3. The van der Waals surface area contributed by atoms with Crippen LogP contribution in [0.2, 0.25) is 5.02 Å². The van der Waals surface area contributed by atoms with Crippen molar-refractivity contribution >= 4 is 17.5 Å². The Labute approximate surface area is 156 Å². The fourth-order valence-electron chi connectivity index (χ4n) is 2.34. The number of para-hydroxylation sites is 1. The normalized spacial score (nSPS) is 11.4. The van der Waals surface area contributed by atoms with Crippen LogP contribution in [0.5, 0.6) is 5.88 Å². The molecule has 0 radical (unpaired) electrons. The summed E-state index contributed by atoms with van der Waals surface area (Å²) in [6, 6.07) is 18.2. The topological polar surface area (TPSA) is 56.5 Å². The number of nitrogens with zero attached hydrogens (tertiary/aromatic N) is 3. The largest absolute Gasteiger partial charge is 0.478 e. The summed E-state index contributed by atoms with van der Waals surface area (Å²) in [5, 5.41) is 5.16. The molecule has 132 valence electrons. The van der Waals surface area contributed by atoms with E-state index in [-0.39, 0.29) is 0 Å². The van der Waals surface area contributed by atoms with Gasteiger partial charge in [-0.15, -0.1) is 0 Å². The zero-order valence-electron chi connectivity index (χ0n) is 14.3. The van der Waals surface area contributed by atoms with Gasteiger partial charge >= 0.3 is 0 Å². The number of rotatable bonds is 5. The lowest BCUT2D eigenvalue weighted by atomic mass is 10.2. The first-order valence-corrected chi connectivity index (χ1v) is 8.68. The summed E-state index contributed by atoms with van der Waals surface area (Å²) in [7, 11) is 0. The zero-order chi connectivity index (χ0) is 18.4. The second-order valence-corrected chi connectivity index (χ2v) is 5.95. The molecule has 0 spiro atoms. The van der Waals surface area contributed by atoms with Crippen molar-refractivity contribution < 1.29 is 9.53 Å². The Bertz CT molecular complexity index is 968. The van der Waals surface area contributed by atoms with Gasteiger partial charge in [0.1, 0.15) is 0 Å². The van der Waals surface area contributed by atoms with E-state index in [0.717, 1.165) is 12.1 Å². The molecule has 5 nitrogen and oxygen atoms in total. The maximum absolute atomic E-state index is 12.4. The highest BCUT2D eigenvalue weighted by atomic mass is 35.5. The third-order valence-electron chi connectivity index (χ3n) is 3.58. The van der Waals surface area contributed by atoms with E-state index in [9.17, 15) is 4.79 Å². The van der Waals surface area contributed by atoms with Crippen LogP contribution < -0.4 is 10.1 Å². The van der Waals surface area contributed by atoms with Crippen molar-refractivity contribution in [1.82, 2.24) is 9.78 Å². The Kier molecular flexibility index (Phi) is 5.81. The van der Waals surface area contributed by atoms with Crippen LogP contribution in [0.3, 0.4) is 0 Å². The fraction of sp³-hybridized carbons (Fsp3) is 0.150. The van der Waals surface area contributed by atoms with Crippen molar-refractivity contribution in [3.8, 4) is 11.6 Å². The minimum absolute atomic E-state index is 0.352. The molecule has 1 aromatic heterocycles. The van der Waals surface area contributed by atoms with Crippen molar-refractivity contribution in [2.45, 2.75) is 13.3 Å². The Morgan fingerprint density at radius 2 is 1.88 bits per heavy atom. The van der Waals surface area contributed by atoms with Gasteiger partial charge in [0, 0.05) is 6.07 Å². The molecule has 0 saturated carbocycles. The number of hydrogen-bond donors (Lipinski definition) is 0. The molecule has 0 aliphatic rings. The number of ether oxygens (including phenoxy) is 1. The lowest BCUT2D eigenvalue weighted by Gasteiger charge is -2.12. The molecular formula is C20H18ClN3O2. The molecule has 26 heavy (non-hydrogen) atoms. The molecule has 0 saturated heterocycles. The van der Waals surface area contributed by atoms with E-state index in [1.54, 1.807) is 35.0 Å². The number of benzene rings is 2. The molecule has 0 fully saturated rings. The highest BCUT2D eigenvalue weighted by Crippen LogP contribution is 2.16. The number of carbonyl (C=O) groups excluding carboxylic acids is 1. The quantitative estimate of drug-likeness (QED) is 0.683. The van der Waals surface area contributed by atoms with Crippen LogP contribution in [0.15, 0.2) is 71.9 Å². The molecule has 0 bridgehead atoms. The van der Waals surface area contributed by atoms with E-state index in [1.807, 2.05) is 37.3 Å². The fourth-order valence-corrected chi connectivity index (χ4v) is 2.56. The number of halogens is 1. The first-order chi connectivity index (χ1) is 12.7. The second kappa shape index (κ2) is 8.45. The molecular weight excluding hydrogens is 350 g/mol. The summed E-state index contributed by atoms with van der Waals surface area (Å²) in [5.74, 6) is 0.0996. The van der Waals surface area contributed by atoms with E-state index in [2.05, 4.69) is 10.1 Å². The van der Waals surface area contributed by atoms with Crippen LogP contribution in [-0.2, 0) is 0 Å². The van der Waals surface area contributed by atoms with Crippen molar-refractivity contribution in [1.29, 1.82) is 0 Å². The molecule has 0 aliphatic heterocycles. The molecule has 3 aromatic rings. The Morgan fingerprint density at radius 1 is 1.15 bits per heavy atom. The van der Waals surface area contributed by atoms with Gasteiger partial charge < -0.3 is 4.74 Å². The summed E-state index contributed by atoms with van der Waals surface area (Å²) < 4.78 is 7.47. The number of amides is 1. The van der Waals surface area contributed by atoms with Crippen LogP contribution in [0.25, 0.3) is 5.69 Å². The van der Waals surface area contributed by atoms with Gasteiger partial charge in [-0.25, -0.2) is 9.67 Å². The van der Waals surface area contributed by atoms with Crippen molar-refractivity contribution in [2.75, 3.05) is 6.61 Å². The van der Waals surface area contributed by atoms with Crippen LogP contribution in [-0.4, -0.2) is 22.3 Å². The smallest absolute Gasteiger partial charge is 0.279 e. The third kappa shape index (κ3) is 4.18. The molecule has 0 unspecified atom stereocenters. The second-order valence-electron chi connectivity index (χ2n) is 5.54. The third-order valence-corrected chi connectivity index (χ3v) is 3.90. The van der Waals surface area contributed by atoms with Gasteiger partial charge in [-0.1, -0.05) is 48.9 Å². The number of carbonyl (C=O) groups is 1. The van der Waals surface area contributed by atoms with Crippen LogP contribution in [0.1, 0.15) is 23.7 Å². The Balaban J connectivity index is 2.01. The van der Waals surface area contributed by atoms with Crippen molar-refractivity contribution in [2.24, 2.45) is 4.99 Å². The first-order valence-electron chi connectivity index (χ1n) is 8.30. The van der Waals surface area contributed by atoms with E-state index in [1.165, 1.54) is 6.20 Å². The van der Waals surface area contributed by atoms with Gasteiger partial charge in [0.05, 0.1) is 34.4 Å². The van der Waals surface area contributed by atoms with E-state index in [4.69, 9.17) is 16.3 Å². The summed E-state index contributed by atoms with van der Waals surface area (Å²) in [6.45, 7) is 2.56. The molecule has 0 N–H and O–H groups in total. The first kappa shape index (κ1) is 17.9. The van der Waals surface area contributed by atoms with Gasteiger partial charge in [0.25, 0.3) is 5.91 Å². The highest BCUT2D eigenvalue weighted by molar-refractivity contribution is 6.33. The molecule has 1 heterocycles. The predicted molar refractivity (Wildman–Crippen MR) is 101 cm³/mol.